The maximum absolute atomic E-state index is 12.3. The third-order valence-electron chi connectivity index (χ3n) is 4.07. The van der Waals surface area contributed by atoms with Crippen LogP contribution in [0.15, 0.2) is 6.07 Å². The lowest BCUT2D eigenvalue weighted by atomic mass is 10.2. The van der Waals surface area contributed by atoms with Crippen molar-refractivity contribution in [2.75, 3.05) is 57.9 Å². The van der Waals surface area contributed by atoms with Gasteiger partial charge in [0.2, 0.25) is 0 Å². The van der Waals surface area contributed by atoms with Crippen molar-refractivity contribution in [3.05, 3.63) is 16.1 Å². The molecule has 1 aliphatic heterocycles. The molecule has 0 bridgehead atoms. The van der Waals surface area contributed by atoms with Gasteiger partial charge in [-0.15, -0.1) is 0 Å². The molecule has 0 radical (unpaired) electrons. The lowest BCUT2D eigenvalue weighted by Crippen LogP contribution is -2.58. The van der Waals surface area contributed by atoms with Crippen LogP contribution in [0.4, 0.5) is 11.4 Å². The number of aromatic hydroxyl groups is 1. The molecule has 122 valence electrons. The van der Waals surface area contributed by atoms with Crippen molar-refractivity contribution >= 4 is 40.5 Å². The molecule has 6 nitrogen and oxygen atoms in total. The molecular weight excluding hydrogens is 327 g/mol. The maximum Gasteiger partial charge on any atom is 0.279 e. The van der Waals surface area contributed by atoms with Crippen molar-refractivity contribution in [2.45, 2.75) is 0 Å². The van der Waals surface area contributed by atoms with Crippen LogP contribution in [0.1, 0.15) is 0 Å². The molecule has 0 atom stereocenters. The van der Waals surface area contributed by atoms with Gasteiger partial charge < -0.3 is 20.6 Å². The molecule has 0 aliphatic carbocycles. The van der Waals surface area contributed by atoms with Crippen molar-refractivity contribution in [3.8, 4) is 5.75 Å². The number of phenols is 1. The molecule has 0 unspecified atom stereocenters. The zero-order valence-electron chi connectivity index (χ0n) is 12.7. The summed E-state index contributed by atoms with van der Waals surface area (Å²) < 4.78 is 0.660. The van der Waals surface area contributed by atoms with Gasteiger partial charge in [-0.1, -0.05) is 23.2 Å². The molecule has 1 fully saturated rings. The number of carbonyl (C=O) groups excluding carboxylic acids is 1. The van der Waals surface area contributed by atoms with E-state index in [1.54, 1.807) is 0 Å². The monoisotopic (exact) mass is 347 g/mol. The average Bonchev–Trinajstić information content (AvgIpc) is 2.46. The van der Waals surface area contributed by atoms with E-state index in [0.29, 0.717) is 11.0 Å². The van der Waals surface area contributed by atoms with Crippen LogP contribution in [0.5, 0.6) is 5.75 Å². The first-order chi connectivity index (χ1) is 10.2. The van der Waals surface area contributed by atoms with Gasteiger partial charge in [-0.05, 0) is 13.1 Å². The van der Waals surface area contributed by atoms with Gasteiger partial charge in [0.1, 0.15) is 5.02 Å². The summed E-state index contributed by atoms with van der Waals surface area (Å²) in [7, 11) is 4.12. The highest BCUT2D eigenvalue weighted by Crippen LogP contribution is 2.41. The zero-order chi connectivity index (χ0) is 16.5. The zero-order valence-corrected chi connectivity index (χ0v) is 14.2. The quantitative estimate of drug-likeness (QED) is 0.441. The van der Waals surface area contributed by atoms with Crippen molar-refractivity contribution in [1.29, 1.82) is 0 Å². The molecule has 1 aromatic rings. The van der Waals surface area contributed by atoms with E-state index >= 15 is 0 Å². The minimum atomic E-state index is -0.266. The second kappa shape index (κ2) is 6.50. The normalized spacial score (nSPS) is 18.2. The van der Waals surface area contributed by atoms with E-state index in [4.69, 9.17) is 28.9 Å². The number of carbonyl (C=O) groups is 1. The van der Waals surface area contributed by atoms with Gasteiger partial charge in [-0.3, -0.25) is 9.69 Å². The molecule has 8 heteroatoms. The summed E-state index contributed by atoms with van der Waals surface area (Å²) in [5.41, 5.74) is 5.89. The van der Waals surface area contributed by atoms with E-state index < -0.39 is 0 Å². The molecule has 22 heavy (non-hydrogen) atoms. The van der Waals surface area contributed by atoms with Crippen molar-refractivity contribution < 1.29 is 14.4 Å². The van der Waals surface area contributed by atoms with Crippen LogP contribution in [0, 0.1) is 0 Å². The van der Waals surface area contributed by atoms with E-state index in [1.165, 1.54) is 6.07 Å². The first-order valence-electron chi connectivity index (χ1n) is 7.00. The Labute approximate surface area is 140 Å². The number of phenolic OH excluding ortho intramolecular Hbond substituents is 1. The summed E-state index contributed by atoms with van der Waals surface area (Å²) in [4.78, 5) is 14.5. The molecule has 1 saturated heterocycles. The molecule has 1 amide bonds. The summed E-state index contributed by atoms with van der Waals surface area (Å²) in [5.74, 6) is -0.461. The number of anilines is 2. The highest BCUT2D eigenvalue weighted by molar-refractivity contribution is 6.40. The average molecular weight is 348 g/mol. The molecule has 4 N–H and O–H groups in total. The standard InChI is InChI=1S/C14H20Cl2N4O2/c1-19-3-5-20(2,6-4-19)8-11(21)18-10-7-9(15)13(17)12(16)14(10)22/h7H,3-6,8,17H2,1-2H3,(H-,18,21,22)/p+1. The van der Waals surface area contributed by atoms with Crippen LogP contribution < -0.4 is 11.1 Å². The fourth-order valence-electron chi connectivity index (χ4n) is 2.46. The minimum Gasteiger partial charge on any atom is -0.504 e. The Morgan fingerprint density at radius 2 is 2.05 bits per heavy atom. The Balaban J connectivity index is 2.07. The number of benzene rings is 1. The van der Waals surface area contributed by atoms with Gasteiger partial charge in [-0.2, -0.15) is 0 Å². The number of hydrogen-bond acceptors (Lipinski definition) is 4. The molecule has 1 heterocycles. The molecule has 1 aromatic carbocycles. The van der Waals surface area contributed by atoms with Crippen molar-refractivity contribution in [3.63, 3.8) is 0 Å². The number of rotatable bonds is 3. The Morgan fingerprint density at radius 3 is 2.64 bits per heavy atom. The number of nitrogens with one attached hydrogen (secondary N) is 1. The Morgan fingerprint density at radius 1 is 1.45 bits per heavy atom. The third-order valence-corrected chi connectivity index (χ3v) is 4.77. The lowest BCUT2D eigenvalue weighted by molar-refractivity contribution is -0.905. The first-order valence-corrected chi connectivity index (χ1v) is 7.76. The Bertz CT molecular complexity index is 587. The number of likely N-dealkylation sites (N-methyl/N-ethyl adjacent to an activating group) is 2. The molecule has 1 aliphatic rings. The first kappa shape index (κ1) is 17.1. The number of amides is 1. The second-order valence-corrected chi connectivity index (χ2v) is 6.84. The predicted octanol–water partition coefficient (Wildman–Crippen LogP) is 1.61. The van der Waals surface area contributed by atoms with Gasteiger partial charge in [0.25, 0.3) is 5.91 Å². The van der Waals surface area contributed by atoms with Crippen molar-refractivity contribution in [1.82, 2.24) is 4.90 Å². The van der Waals surface area contributed by atoms with Crippen molar-refractivity contribution in [2.24, 2.45) is 0 Å². The second-order valence-electron chi connectivity index (χ2n) is 6.06. The Hall–Kier alpha value is -1.21. The van der Waals surface area contributed by atoms with E-state index in [1.807, 2.05) is 0 Å². The summed E-state index contributed by atoms with van der Waals surface area (Å²) >= 11 is 11.8. The fourth-order valence-corrected chi connectivity index (χ4v) is 2.92. The summed E-state index contributed by atoms with van der Waals surface area (Å²) in [6.07, 6.45) is 0. The maximum atomic E-state index is 12.3. The number of hydrogen-bond donors (Lipinski definition) is 3. The van der Waals surface area contributed by atoms with Crippen LogP contribution in [-0.4, -0.2) is 67.2 Å². The summed E-state index contributed by atoms with van der Waals surface area (Å²) in [6, 6.07) is 1.40. The van der Waals surface area contributed by atoms with Gasteiger partial charge in [0.05, 0.1) is 36.5 Å². The Kier molecular flexibility index (Phi) is 5.07. The smallest absolute Gasteiger partial charge is 0.279 e. The van der Waals surface area contributed by atoms with E-state index in [-0.39, 0.29) is 33.1 Å². The van der Waals surface area contributed by atoms with E-state index in [0.717, 1.165) is 26.2 Å². The third kappa shape index (κ3) is 3.76. The number of quaternary nitrogens is 1. The number of piperazine rings is 1. The highest BCUT2D eigenvalue weighted by Gasteiger charge is 2.30. The molecule has 0 saturated carbocycles. The number of nitrogen functional groups attached to an aromatic ring is 1. The van der Waals surface area contributed by atoms with Crippen LogP contribution in [0.25, 0.3) is 0 Å². The topological polar surface area (TPSA) is 78.6 Å². The van der Waals surface area contributed by atoms with E-state index in [9.17, 15) is 9.90 Å². The number of halogens is 2. The SMILES string of the molecule is CN1CC[N+](C)(CC(=O)Nc2cc(Cl)c(N)c(Cl)c2O)CC1. The van der Waals surface area contributed by atoms with Crippen LogP contribution >= 0.6 is 23.2 Å². The van der Waals surface area contributed by atoms with Crippen LogP contribution in [-0.2, 0) is 4.79 Å². The van der Waals surface area contributed by atoms with Gasteiger partial charge in [0, 0.05) is 13.1 Å². The minimum absolute atomic E-state index is 0.0530. The van der Waals surface area contributed by atoms with Crippen LogP contribution in [0.3, 0.4) is 0 Å². The number of nitrogens with zero attached hydrogens (tertiary/aromatic N) is 2. The molecule has 0 aromatic heterocycles. The highest BCUT2D eigenvalue weighted by atomic mass is 35.5. The van der Waals surface area contributed by atoms with E-state index in [2.05, 4.69) is 24.3 Å². The van der Waals surface area contributed by atoms with Crippen LogP contribution in [0.2, 0.25) is 10.0 Å². The lowest BCUT2D eigenvalue weighted by Gasteiger charge is -2.40. The largest absolute Gasteiger partial charge is 0.504 e. The fraction of sp³-hybridized carbons (Fsp3) is 0.500. The van der Waals surface area contributed by atoms with Gasteiger partial charge >= 0.3 is 0 Å². The van der Waals surface area contributed by atoms with Gasteiger partial charge in [-0.25, -0.2) is 0 Å². The number of nitrogens with two attached hydrogens (primary N) is 1. The predicted molar refractivity (Wildman–Crippen MR) is 89.5 cm³/mol. The van der Waals surface area contributed by atoms with Gasteiger partial charge in [0.15, 0.2) is 12.3 Å². The molecule has 2 rings (SSSR count). The molecular formula is C14H21Cl2N4O2+. The summed E-state index contributed by atoms with van der Waals surface area (Å²) in [5, 5.41) is 12.8. The molecule has 0 spiro atoms. The summed E-state index contributed by atoms with van der Waals surface area (Å²) in [6.45, 7) is 4.04.